The fraction of sp³-hybridized carbons (Fsp3) is 0.231. The summed E-state index contributed by atoms with van der Waals surface area (Å²) in [6.45, 7) is 1.90. The minimum Gasteiger partial charge on any atom is -0.383 e. The molecule has 1 aromatic carbocycles. The van der Waals surface area contributed by atoms with Crippen molar-refractivity contribution in [1.82, 2.24) is 0 Å². The van der Waals surface area contributed by atoms with Gasteiger partial charge in [-0.1, -0.05) is 12.1 Å². The second kappa shape index (κ2) is 5.26. The van der Waals surface area contributed by atoms with Crippen molar-refractivity contribution in [2.45, 2.75) is 19.2 Å². The molecule has 0 fully saturated rings. The normalized spacial score (nSPS) is 13.6. The lowest BCUT2D eigenvalue weighted by Crippen LogP contribution is -2.05. The van der Waals surface area contributed by atoms with Gasteiger partial charge in [-0.15, -0.1) is 11.3 Å². The number of aliphatic hydroxyl groups is 1. The molecule has 1 unspecified atom stereocenters. The second-order valence-electron chi connectivity index (χ2n) is 4.08. The number of halogens is 4. The molecule has 1 N–H and O–H groups in total. The Balaban J connectivity index is 2.27. The number of rotatable bonds is 2. The summed E-state index contributed by atoms with van der Waals surface area (Å²) in [6, 6.07) is 6.34. The summed E-state index contributed by atoms with van der Waals surface area (Å²) in [6.07, 6.45) is -5.26. The van der Waals surface area contributed by atoms with Crippen LogP contribution in [0, 0.1) is 6.92 Å². The van der Waals surface area contributed by atoms with Gasteiger partial charge in [0, 0.05) is 14.2 Å². The smallest absolute Gasteiger partial charge is 0.383 e. The van der Waals surface area contributed by atoms with Gasteiger partial charge in [0.2, 0.25) is 0 Å². The van der Waals surface area contributed by atoms with Crippen molar-refractivity contribution in [3.63, 3.8) is 0 Å². The van der Waals surface area contributed by atoms with Crippen molar-refractivity contribution in [3.05, 3.63) is 55.7 Å². The van der Waals surface area contributed by atoms with E-state index in [-0.39, 0.29) is 0 Å². The maximum atomic E-state index is 12.4. The van der Waals surface area contributed by atoms with Gasteiger partial charge >= 0.3 is 6.18 Å². The largest absolute Gasteiger partial charge is 0.416 e. The number of aliphatic hydroxyl groups excluding tert-OH is 1. The molecule has 1 atom stereocenters. The molecule has 1 nitrogen and oxygen atoms in total. The molecule has 0 spiro atoms. The van der Waals surface area contributed by atoms with E-state index in [0.717, 1.165) is 21.5 Å². The molecule has 0 amide bonds. The Morgan fingerprint density at radius 3 is 2.21 bits per heavy atom. The number of benzene rings is 1. The monoisotopic (exact) mass is 350 g/mol. The Morgan fingerprint density at radius 1 is 1.21 bits per heavy atom. The fourth-order valence-electron chi connectivity index (χ4n) is 1.63. The van der Waals surface area contributed by atoms with Crippen molar-refractivity contribution in [1.29, 1.82) is 0 Å². The lowest BCUT2D eigenvalue weighted by molar-refractivity contribution is -0.137. The standard InChI is InChI=1S/C13H10BrF3OS/c1-7-10(14)6-11(19-7)12(18)8-2-4-9(5-3-8)13(15,16)17/h2-6,12,18H,1H3. The van der Waals surface area contributed by atoms with Gasteiger partial charge in [-0.05, 0) is 46.6 Å². The zero-order chi connectivity index (χ0) is 14.2. The van der Waals surface area contributed by atoms with Crippen LogP contribution in [0.1, 0.15) is 27.0 Å². The fourth-order valence-corrected chi connectivity index (χ4v) is 3.21. The third-order valence-electron chi connectivity index (χ3n) is 2.70. The highest BCUT2D eigenvalue weighted by Gasteiger charge is 2.30. The van der Waals surface area contributed by atoms with Gasteiger partial charge in [0.05, 0.1) is 5.56 Å². The molecule has 102 valence electrons. The van der Waals surface area contributed by atoms with Crippen molar-refractivity contribution in [3.8, 4) is 0 Å². The van der Waals surface area contributed by atoms with Gasteiger partial charge in [0.25, 0.3) is 0 Å². The molecule has 0 aliphatic rings. The van der Waals surface area contributed by atoms with E-state index in [2.05, 4.69) is 15.9 Å². The number of hydrogen-bond acceptors (Lipinski definition) is 2. The Labute approximate surface area is 120 Å². The maximum absolute atomic E-state index is 12.4. The average molecular weight is 351 g/mol. The number of alkyl halides is 3. The summed E-state index contributed by atoms with van der Waals surface area (Å²) >= 11 is 4.75. The van der Waals surface area contributed by atoms with Crippen LogP contribution in [0.5, 0.6) is 0 Å². The summed E-state index contributed by atoms with van der Waals surface area (Å²) < 4.78 is 38.2. The Bertz CT molecular complexity index is 555. The first-order chi connectivity index (χ1) is 8.79. The molecule has 1 aromatic heterocycles. The van der Waals surface area contributed by atoms with Crippen LogP contribution in [0.3, 0.4) is 0 Å². The van der Waals surface area contributed by atoms with Crippen molar-refractivity contribution in [2.24, 2.45) is 0 Å². The van der Waals surface area contributed by atoms with E-state index >= 15 is 0 Å². The van der Waals surface area contributed by atoms with E-state index in [1.807, 2.05) is 6.92 Å². The van der Waals surface area contributed by atoms with Crippen molar-refractivity contribution >= 4 is 27.3 Å². The van der Waals surface area contributed by atoms with Gasteiger partial charge < -0.3 is 5.11 Å². The molecular weight excluding hydrogens is 341 g/mol. The minimum atomic E-state index is -4.36. The molecule has 2 aromatic rings. The van der Waals surface area contributed by atoms with Gasteiger partial charge in [-0.2, -0.15) is 13.2 Å². The Kier molecular flexibility index (Phi) is 4.03. The highest BCUT2D eigenvalue weighted by atomic mass is 79.9. The highest BCUT2D eigenvalue weighted by Crippen LogP contribution is 2.35. The molecule has 0 saturated carbocycles. The first kappa shape index (κ1) is 14.6. The van der Waals surface area contributed by atoms with Crippen LogP contribution in [0.15, 0.2) is 34.8 Å². The van der Waals surface area contributed by atoms with E-state index in [0.29, 0.717) is 10.4 Å². The Morgan fingerprint density at radius 2 is 1.79 bits per heavy atom. The first-order valence-corrected chi connectivity index (χ1v) is 7.01. The predicted octanol–water partition coefficient (Wildman–Crippen LogP) is 4.92. The van der Waals surface area contributed by atoms with Gasteiger partial charge in [0.15, 0.2) is 0 Å². The zero-order valence-electron chi connectivity index (χ0n) is 9.83. The number of thiophene rings is 1. The molecular formula is C13H10BrF3OS. The summed E-state index contributed by atoms with van der Waals surface area (Å²) in [5.41, 5.74) is -0.270. The minimum absolute atomic E-state index is 0.446. The van der Waals surface area contributed by atoms with Crippen LogP contribution in [-0.2, 0) is 6.18 Å². The molecule has 0 aliphatic carbocycles. The number of aryl methyl sites for hydroxylation is 1. The van der Waals surface area contributed by atoms with Gasteiger partial charge in [0.1, 0.15) is 6.10 Å². The topological polar surface area (TPSA) is 20.2 Å². The molecule has 0 radical (unpaired) electrons. The van der Waals surface area contributed by atoms with Crippen molar-refractivity contribution < 1.29 is 18.3 Å². The lowest BCUT2D eigenvalue weighted by atomic mass is 10.1. The van der Waals surface area contributed by atoms with Crippen LogP contribution in [0.25, 0.3) is 0 Å². The molecule has 19 heavy (non-hydrogen) atoms. The highest BCUT2D eigenvalue weighted by molar-refractivity contribution is 9.10. The van der Waals surface area contributed by atoms with Crippen LogP contribution in [0.4, 0.5) is 13.2 Å². The van der Waals surface area contributed by atoms with E-state index in [4.69, 9.17) is 0 Å². The zero-order valence-corrected chi connectivity index (χ0v) is 12.2. The van der Waals surface area contributed by atoms with E-state index < -0.39 is 17.8 Å². The molecule has 2 rings (SSSR count). The number of hydrogen-bond donors (Lipinski definition) is 1. The molecule has 0 aliphatic heterocycles. The quantitative estimate of drug-likeness (QED) is 0.814. The maximum Gasteiger partial charge on any atom is 0.416 e. The molecule has 0 bridgehead atoms. The first-order valence-electron chi connectivity index (χ1n) is 5.40. The summed E-state index contributed by atoms with van der Waals surface area (Å²) in [5, 5.41) is 10.1. The van der Waals surface area contributed by atoms with E-state index in [1.165, 1.54) is 23.5 Å². The summed E-state index contributed by atoms with van der Waals surface area (Å²) in [7, 11) is 0. The third-order valence-corrected chi connectivity index (χ3v) is 4.89. The lowest BCUT2D eigenvalue weighted by Gasteiger charge is -2.11. The molecule has 0 saturated heterocycles. The predicted molar refractivity (Wildman–Crippen MR) is 72.3 cm³/mol. The van der Waals surface area contributed by atoms with Gasteiger partial charge in [-0.25, -0.2) is 0 Å². The SMILES string of the molecule is Cc1sc(C(O)c2ccc(C(F)(F)F)cc2)cc1Br. The third kappa shape index (κ3) is 3.19. The van der Waals surface area contributed by atoms with E-state index in [1.54, 1.807) is 6.07 Å². The second-order valence-corrected chi connectivity index (χ2v) is 6.22. The van der Waals surface area contributed by atoms with Crippen LogP contribution in [-0.4, -0.2) is 5.11 Å². The summed E-state index contributed by atoms with van der Waals surface area (Å²) in [5.74, 6) is 0. The van der Waals surface area contributed by atoms with E-state index in [9.17, 15) is 18.3 Å². The van der Waals surface area contributed by atoms with Crippen LogP contribution < -0.4 is 0 Å². The summed E-state index contributed by atoms with van der Waals surface area (Å²) in [4.78, 5) is 1.71. The van der Waals surface area contributed by atoms with Crippen LogP contribution in [0.2, 0.25) is 0 Å². The van der Waals surface area contributed by atoms with Crippen LogP contribution >= 0.6 is 27.3 Å². The molecule has 6 heteroatoms. The van der Waals surface area contributed by atoms with Crippen molar-refractivity contribution in [2.75, 3.05) is 0 Å². The molecule has 1 heterocycles. The Hall–Kier alpha value is -0.850. The average Bonchev–Trinajstić information content (AvgIpc) is 2.68. The van der Waals surface area contributed by atoms with Gasteiger partial charge in [-0.3, -0.25) is 0 Å².